The number of amides is 2. The van der Waals surface area contributed by atoms with E-state index in [1.807, 2.05) is 48.5 Å². The van der Waals surface area contributed by atoms with Crippen LogP contribution < -0.4 is 15.4 Å². The van der Waals surface area contributed by atoms with Gasteiger partial charge in [-0.15, -0.1) is 0 Å². The van der Waals surface area contributed by atoms with E-state index in [1.165, 1.54) is 0 Å². The zero-order valence-electron chi connectivity index (χ0n) is 18.1. The summed E-state index contributed by atoms with van der Waals surface area (Å²) in [7, 11) is 0. The number of carbonyl (C=O) groups is 2. The Kier molecular flexibility index (Phi) is 6.80. The number of pyridine rings is 1. The van der Waals surface area contributed by atoms with Gasteiger partial charge in [0.05, 0.1) is 17.8 Å². The van der Waals surface area contributed by atoms with E-state index in [9.17, 15) is 9.59 Å². The number of rotatable bonds is 7. The van der Waals surface area contributed by atoms with Crippen molar-refractivity contribution in [2.24, 2.45) is 0 Å². The molecule has 7 nitrogen and oxygen atoms in total. The first-order valence-corrected chi connectivity index (χ1v) is 10.5. The highest BCUT2D eigenvalue weighted by atomic mass is 16.6. The molecule has 2 amide bonds. The zero-order valence-corrected chi connectivity index (χ0v) is 18.1. The molecule has 33 heavy (non-hydrogen) atoms. The van der Waals surface area contributed by atoms with Gasteiger partial charge in [-0.1, -0.05) is 48.5 Å². The van der Waals surface area contributed by atoms with Gasteiger partial charge in [-0.2, -0.15) is 0 Å². The lowest BCUT2D eigenvalue weighted by Gasteiger charge is -2.13. The Bertz CT molecular complexity index is 1260. The number of hydrogen-bond donors (Lipinski definition) is 2. The number of ether oxygens (including phenoxy) is 2. The van der Waals surface area contributed by atoms with E-state index >= 15 is 0 Å². The van der Waals surface area contributed by atoms with Crippen molar-refractivity contribution in [1.82, 2.24) is 4.98 Å². The third-order valence-corrected chi connectivity index (χ3v) is 4.78. The Morgan fingerprint density at radius 2 is 1.55 bits per heavy atom. The van der Waals surface area contributed by atoms with E-state index in [0.29, 0.717) is 33.7 Å². The molecule has 0 bridgehead atoms. The number of aromatic nitrogens is 1. The average Bonchev–Trinajstić information content (AvgIpc) is 2.84. The Morgan fingerprint density at radius 3 is 2.27 bits per heavy atom. The standard InChI is InChI=1S/C26H23N3O4/c1-2-32-25(30)17-33-24-16-23(18-9-5-3-6-10-18)29-22-14-13-20(15-21(22)24)28-26(31)27-19-11-7-4-8-12-19/h3-16H,2,17H2,1H3,(H2,27,28,31). The van der Waals surface area contributed by atoms with Crippen molar-refractivity contribution in [2.75, 3.05) is 23.8 Å². The number of para-hydroxylation sites is 1. The molecule has 0 radical (unpaired) electrons. The van der Waals surface area contributed by atoms with Crippen LogP contribution in [0.4, 0.5) is 16.2 Å². The van der Waals surface area contributed by atoms with Gasteiger partial charge in [0, 0.05) is 28.4 Å². The Labute approximate surface area is 191 Å². The second kappa shape index (κ2) is 10.3. The monoisotopic (exact) mass is 441 g/mol. The summed E-state index contributed by atoms with van der Waals surface area (Å²) in [5.74, 6) is 0.0132. The fourth-order valence-electron chi connectivity index (χ4n) is 3.30. The Morgan fingerprint density at radius 1 is 0.848 bits per heavy atom. The van der Waals surface area contributed by atoms with Crippen LogP contribution in [0.15, 0.2) is 84.9 Å². The lowest BCUT2D eigenvalue weighted by molar-refractivity contribution is -0.145. The summed E-state index contributed by atoms with van der Waals surface area (Å²) < 4.78 is 10.8. The number of hydrogen-bond acceptors (Lipinski definition) is 5. The largest absolute Gasteiger partial charge is 0.481 e. The smallest absolute Gasteiger partial charge is 0.344 e. The maximum atomic E-state index is 12.4. The van der Waals surface area contributed by atoms with Gasteiger partial charge in [-0.3, -0.25) is 0 Å². The predicted molar refractivity (Wildman–Crippen MR) is 128 cm³/mol. The van der Waals surface area contributed by atoms with Gasteiger partial charge in [0.1, 0.15) is 5.75 Å². The van der Waals surface area contributed by atoms with E-state index in [0.717, 1.165) is 5.56 Å². The Hall–Kier alpha value is -4.39. The van der Waals surface area contributed by atoms with Crippen LogP contribution in [0.3, 0.4) is 0 Å². The number of carbonyl (C=O) groups excluding carboxylic acids is 2. The molecule has 2 N–H and O–H groups in total. The first-order valence-electron chi connectivity index (χ1n) is 10.5. The van der Waals surface area contributed by atoms with Crippen LogP contribution in [0, 0.1) is 0 Å². The molecule has 0 saturated heterocycles. The average molecular weight is 441 g/mol. The van der Waals surface area contributed by atoms with Crippen molar-refractivity contribution in [3.63, 3.8) is 0 Å². The second-order valence-electron chi connectivity index (χ2n) is 7.14. The van der Waals surface area contributed by atoms with Gasteiger partial charge in [0.15, 0.2) is 6.61 Å². The van der Waals surface area contributed by atoms with Crippen molar-refractivity contribution in [2.45, 2.75) is 6.92 Å². The molecule has 1 heterocycles. The van der Waals surface area contributed by atoms with Gasteiger partial charge in [-0.25, -0.2) is 14.6 Å². The van der Waals surface area contributed by atoms with Crippen molar-refractivity contribution in [3.8, 4) is 17.0 Å². The van der Waals surface area contributed by atoms with Crippen LogP contribution in [-0.4, -0.2) is 30.2 Å². The fraction of sp³-hybridized carbons (Fsp3) is 0.115. The molecule has 4 aromatic rings. The molecule has 7 heteroatoms. The van der Waals surface area contributed by atoms with Crippen molar-refractivity contribution in [3.05, 3.63) is 84.9 Å². The molecule has 0 atom stereocenters. The van der Waals surface area contributed by atoms with Crippen LogP contribution in [0.5, 0.6) is 5.75 Å². The van der Waals surface area contributed by atoms with E-state index < -0.39 is 5.97 Å². The number of nitrogens with one attached hydrogen (secondary N) is 2. The lowest BCUT2D eigenvalue weighted by Crippen LogP contribution is -2.19. The van der Waals surface area contributed by atoms with Gasteiger partial charge < -0.3 is 20.1 Å². The minimum absolute atomic E-state index is 0.229. The summed E-state index contributed by atoms with van der Waals surface area (Å²) in [6.07, 6.45) is 0. The molecule has 0 spiro atoms. The third kappa shape index (κ3) is 5.65. The van der Waals surface area contributed by atoms with Crippen LogP contribution in [0.2, 0.25) is 0 Å². The maximum absolute atomic E-state index is 12.4. The van der Waals surface area contributed by atoms with Gasteiger partial charge in [-0.05, 0) is 37.3 Å². The highest BCUT2D eigenvalue weighted by molar-refractivity contribution is 6.01. The van der Waals surface area contributed by atoms with E-state index in [-0.39, 0.29) is 19.2 Å². The van der Waals surface area contributed by atoms with Gasteiger partial charge in [0.2, 0.25) is 0 Å². The molecule has 0 aliphatic heterocycles. The normalized spacial score (nSPS) is 10.5. The number of nitrogens with zero attached hydrogens (tertiary/aromatic N) is 1. The quantitative estimate of drug-likeness (QED) is 0.370. The predicted octanol–water partition coefficient (Wildman–Crippen LogP) is 5.49. The summed E-state index contributed by atoms with van der Waals surface area (Å²) in [6, 6.07) is 25.6. The van der Waals surface area contributed by atoms with Crippen molar-refractivity contribution >= 4 is 34.3 Å². The molecule has 0 fully saturated rings. The molecule has 4 rings (SSSR count). The minimum atomic E-state index is -0.458. The molecular weight excluding hydrogens is 418 g/mol. The first-order chi connectivity index (χ1) is 16.1. The molecule has 0 aliphatic carbocycles. The van der Waals surface area contributed by atoms with Crippen LogP contribution in [0.25, 0.3) is 22.2 Å². The summed E-state index contributed by atoms with van der Waals surface area (Å²) in [5, 5.41) is 6.26. The molecule has 0 unspecified atom stereocenters. The molecule has 1 aromatic heterocycles. The SMILES string of the molecule is CCOC(=O)COc1cc(-c2ccccc2)nc2ccc(NC(=O)Nc3ccccc3)cc12. The van der Waals surface area contributed by atoms with Crippen LogP contribution in [-0.2, 0) is 9.53 Å². The number of anilines is 2. The highest BCUT2D eigenvalue weighted by Gasteiger charge is 2.13. The molecule has 0 saturated carbocycles. The van der Waals surface area contributed by atoms with E-state index in [2.05, 4.69) is 10.6 Å². The second-order valence-corrected chi connectivity index (χ2v) is 7.14. The minimum Gasteiger partial charge on any atom is -0.481 e. The number of urea groups is 1. The summed E-state index contributed by atoms with van der Waals surface area (Å²) in [4.78, 5) is 29.0. The lowest BCUT2D eigenvalue weighted by atomic mass is 10.1. The van der Waals surface area contributed by atoms with E-state index in [1.54, 1.807) is 43.3 Å². The summed E-state index contributed by atoms with van der Waals surface area (Å²) >= 11 is 0. The topological polar surface area (TPSA) is 89.6 Å². The molecular formula is C26H23N3O4. The number of fused-ring (bicyclic) bond motifs is 1. The summed E-state index contributed by atoms with van der Waals surface area (Å²) in [5.41, 5.74) is 3.55. The van der Waals surface area contributed by atoms with Crippen LogP contribution in [0.1, 0.15) is 6.92 Å². The number of benzene rings is 3. The van der Waals surface area contributed by atoms with Crippen LogP contribution >= 0.6 is 0 Å². The molecule has 166 valence electrons. The van der Waals surface area contributed by atoms with Crippen molar-refractivity contribution < 1.29 is 19.1 Å². The fourth-order valence-corrected chi connectivity index (χ4v) is 3.30. The highest BCUT2D eigenvalue weighted by Crippen LogP contribution is 2.32. The van der Waals surface area contributed by atoms with Gasteiger partial charge >= 0.3 is 12.0 Å². The summed E-state index contributed by atoms with van der Waals surface area (Å²) in [6.45, 7) is 1.79. The Balaban J connectivity index is 1.64. The molecule has 3 aromatic carbocycles. The first kappa shape index (κ1) is 21.8. The molecule has 0 aliphatic rings. The number of esters is 1. The third-order valence-electron chi connectivity index (χ3n) is 4.78. The van der Waals surface area contributed by atoms with E-state index in [4.69, 9.17) is 14.5 Å². The maximum Gasteiger partial charge on any atom is 0.344 e. The van der Waals surface area contributed by atoms with Gasteiger partial charge in [0.25, 0.3) is 0 Å². The van der Waals surface area contributed by atoms with Crippen molar-refractivity contribution in [1.29, 1.82) is 0 Å². The zero-order chi connectivity index (χ0) is 23.0.